The summed E-state index contributed by atoms with van der Waals surface area (Å²) in [6, 6.07) is 5.49. The lowest BCUT2D eigenvalue weighted by molar-refractivity contribution is -0.120. The lowest BCUT2D eigenvalue weighted by Crippen LogP contribution is -2.31. The number of phenols is 1. The van der Waals surface area contributed by atoms with Crippen LogP contribution in [0.1, 0.15) is 25.0 Å². The Kier molecular flexibility index (Phi) is 3.00. The summed E-state index contributed by atoms with van der Waals surface area (Å²) >= 11 is 1.52. The number of phenolic OH excluding ortho intramolecular Hbond substituents is 1. The molecule has 0 unspecified atom stereocenters. The summed E-state index contributed by atoms with van der Waals surface area (Å²) in [6.45, 7) is 5.31. The van der Waals surface area contributed by atoms with Gasteiger partial charge in [-0.3, -0.25) is 9.79 Å². The van der Waals surface area contributed by atoms with Gasteiger partial charge in [-0.25, -0.2) is 0 Å². The van der Waals surface area contributed by atoms with Crippen molar-refractivity contribution in [1.82, 2.24) is 0 Å². The highest BCUT2D eigenvalue weighted by Gasteiger charge is 2.36. The van der Waals surface area contributed by atoms with Gasteiger partial charge in [-0.15, -0.1) is 11.8 Å². The van der Waals surface area contributed by atoms with Crippen LogP contribution in [0.4, 0.5) is 0 Å². The molecule has 1 aromatic rings. The Morgan fingerprint density at radius 2 is 2.24 bits per heavy atom. The van der Waals surface area contributed by atoms with Crippen LogP contribution in [0, 0.1) is 6.92 Å². The second-order valence-corrected chi connectivity index (χ2v) is 5.52. The Morgan fingerprint density at radius 3 is 2.76 bits per heavy atom. The SMILES string of the molecule is CC(=O)[C@@]1(C)CSC(c2ccc(C)cc2O)=N1. The van der Waals surface area contributed by atoms with E-state index in [0.29, 0.717) is 11.3 Å². The van der Waals surface area contributed by atoms with Gasteiger partial charge in [0.25, 0.3) is 0 Å². The number of aliphatic imine (C=N–C) groups is 1. The van der Waals surface area contributed by atoms with Crippen molar-refractivity contribution in [2.45, 2.75) is 26.3 Å². The third-order valence-electron chi connectivity index (χ3n) is 2.98. The van der Waals surface area contributed by atoms with Crippen LogP contribution in [0.5, 0.6) is 5.75 Å². The van der Waals surface area contributed by atoms with Crippen LogP contribution in [0.2, 0.25) is 0 Å². The predicted molar refractivity (Wildman–Crippen MR) is 70.9 cm³/mol. The zero-order valence-electron chi connectivity index (χ0n) is 10.2. The van der Waals surface area contributed by atoms with Gasteiger partial charge in [-0.2, -0.15) is 0 Å². The number of aryl methyl sites for hydroxylation is 1. The van der Waals surface area contributed by atoms with Gasteiger partial charge in [0, 0.05) is 11.3 Å². The highest BCUT2D eigenvalue weighted by Crippen LogP contribution is 2.34. The van der Waals surface area contributed by atoms with E-state index in [1.807, 2.05) is 26.0 Å². The number of rotatable bonds is 2. The van der Waals surface area contributed by atoms with Gasteiger partial charge in [-0.1, -0.05) is 6.07 Å². The minimum atomic E-state index is -0.642. The molecule has 90 valence electrons. The second-order valence-electron chi connectivity index (χ2n) is 4.56. The van der Waals surface area contributed by atoms with E-state index in [-0.39, 0.29) is 11.5 Å². The van der Waals surface area contributed by atoms with Gasteiger partial charge in [0.15, 0.2) is 5.78 Å². The fraction of sp³-hybridized carbons (Fsp3) is 0.385. The molecule has 1 atom stereocenters. The maximum atomic E-state index is 11.5. The molecule has 0 radical (unpaired) electrons. The van der Waals surface area contributed by atoms with Crippen molar-refractivity contribution >= 4 is 22.6 Å². The monoisotopic (exact) mass is 249 g/mol. The molecule has 0 saturated heterocycles. The summed E-state index contributed by atoms with van der Waals surface area (Å²) in [4.78, 5) is 16.0. The Bertz CT molecular complexity index is 510. The number of hydrogen-bond donors (Lipinski definition) is 1. The lowest BCUT2D eigenvalue weighted by atomic mass is 10.0. The first kappa shape index (κ1) is 12.2. The van der Waals surface area contributed by atoms with E-state index in [1.54, 1.807) is 13.0 Å². The average molecular weight is 249 g/mol. The van der Waals surface area contributed by atoms with Crippen molar-refractivity contribution in [2.75, 3.05) is 5.75 Å². The summed E-state index contributed by atoms with van der Waals surface area (Å²) in [5.74, 6) is 0.931. The Balaban J connectivity index is 2.40. The molecule has 4 heteroatoms. The molecule has 0 aliphatic carbocycles. The van der Waals surface area contributed by atoms with Gasteiger partial charge >= 0.3 is 0 Å². The van der Waals surface area contributed by atoms with Gasteiger partial charge in [0.1, 0.15) is 16.3 Å². The molecule has 1 aliphatic rings. The Morgan fingerprint density at radius 1 is 1.53 bits per heavy atom. The number of nitrogens with zero attached hydrogens (tertiary/aromatic N) is 1. The van der Waals surface area contributed by atoms with Crippen LogP contribution in [0.25, 0.3) is 0 Å². The van der Waals surface area contributed by atoms with Crippen LogP contribution in [-0.4, -0.2) is 27.2 Å². The number of ketones is 1. The average Bonchev–Trinajstić information content (AvgIpc) is 2.62. The standard InChI is InChI=1S/C13H15NO2S/c1-8-4-5-10(11(16)6-8)12-14-13(3,7-17-12)9(2)15/h4-6,16H,7H2,1-3H3/t13-/m1/s1. The second kappa shape index (κ2) is 4.18. The molecule has 0 fully saturated rings. The topological polar surface area (TPSA) is 49.7 Å². The van der Waals surface area contributed by atoms with Gasteiger partial charge < -0.3 is 5.11 Å². The van der Waals surface area contributed by atoms with E-state index in [9.17, 15) is 9.90 Å². The summed E-state index contributed by atoms with van der Waals surface area (Å²) in [7, 11) is 0. The predicted octanol–water partition coefficient (Wildman–Crippen LogP) is 2.54. The molecule has 0 saturated carbocycles. The van der Waals surface area contributed by atoms with Crippen molar-refractivity contribution in [3.63, 3.8) is 0 Å². The first-order valence-electron chi connectivity index (χ1n) is 5.46. The fourth-order valence-corrected chi connectivity index (χ4v) is 2.92. The normalized spacial score (nSPS) is 23.6. The van der Waals surface area contributed by atoms with Crippen molar-refractivity contribution in [3.05, 3.63) is 29.3 Å². The van der Waals surface area contributed by atoms with Gasteiger partial charge in [0.05, 0.1) is 0 Å². The molecule has 0 aromatic heterocycles. The van der Waals surface area contributed by atoms with E-state index in [0.717, 1.165) is 10.6 Å². The summed E-state index contributed by atoms with van der Waals surface area (Å²) in [6.07, 6.45) is 0. The third kappa shape index (κ3) is 2.22. The summed E-state index contributed by atoms with van der Waals surface area (Å²) in [5, 5.41) is 10.6. The first-order valence-corrected chi connectivity index (χ1v) is 6.44. The van der Waals surface area contributed by atoms with E-state index in [1.165, 1.54) is 11.8 Å². The minimum absolute atomic E-state index is 0.0617. The molecule has 1 aliphatic heterocycles. The van der Waals surface area contributed by atoms with Gasteiger partial charge in [0.2, 0.25) is 0 Å². The molecule has 1 heterocycles. The number of Topliss-reactive ketones (excluding diaryl/α,β-unsaturated/α-hetero) is 1. The number of aromatic hydroxyl groups is 1. The molecule has 17 heavy (non-hydrogen) atoms. The largest absolute Gasteiger partial charge is 0.507 e. The third-order valence-corrected chi connectivity index (χ3v) is 4.27. The molecule has 0 spiro atoms. The van der Waals surface area contributed by atoms with Gasteiger partial charge in [-0.05, 0) is 38.5 Å². The Labute approximate surface area is 105 Å². The lowest BCUT2D eigenvalue weighted by Gasteiger charge is -2.14. The summed E-state index contributed by atoms with van der Waals surface area (Å²) < 4.78 is 0. The number of hydrogen-bond acceptors (Lipinski definition) is 4. The quantitative estimate of drug-likeness (QED) is 0.876. The fourth-order valence-electron chi connectivity index (χ4n) is 1.64. The number of carbonyl (C=O) groups excluding carboxylic acids is 1. The molecule has 2 rings (SSSR count). The molecule has 1 aromatic carbocycles. The zero-order valence-corrected chi connectivity index (χ0v) is 11.0. The number of carbonyl (C=O) groups is 1. The first-order chi connectivity index (χ1) is 7.92. The van der Waals surface area contributed by atoms with Crippen LogP contribution in [-0.2, 0) is 4.79 Å². The van der Waals surface area contributed by atoms with Crippen LogP contribution >= 0.6 is 11.8 Å². The zero-order chi connectivity index (χ0) is 12.6. The van der Waals surface area contributed by atoms with Crippen molar-refractivity contribution in [2.24, 2.45) is 4.99 Å². The van der Waals surface area contributed by atoms with Crippen LogP contribution < -0.4 is 0 Å². The van der Waals surface area contributed by atoms with E-state index >= 15 is 0 Å². The highest BCUT2D eigenvalue weighted by molar-refractivity contribution is 8.14. The van der Waals surface area contributed by atoms with E-state index in [2.05, 4.69) is 4.99 Å². The minimum Gasteiger partial charge on any atom is -0.507 e. The van der Waals surface area contributed by atoms with E-state index < -0.39 is 5.54 Å². The van der Waals surface area contributed by atoms with Crippen molar-refractivity contribution in [1.29, 1.82) is 0 Å². The summed E-state index contributed by atoms with van der Waals surface area (Å²) in [5.41, 5.74) is 1.08. The van der Waals surface area contributed by atoms with E-state index in [4.69, 9.17) is 0 Å². The Hall–Kier alpha value is -1.29. The van der Waals surface area contributed by atoms with Crippen molar-refractivity contribution < 1.29 is 9.90 Å². The number of benzene rings is 1. The maximum Gasteiger partial charge on any atom is 0.157 e. The smallest absolute Gasteiger partial charge is 0.157 e. The maximum absolute atomic E-state index is 11.5. The molecule has 1 N–H and O–H groups in total. The molecular weight excluding hydrogens is 234 g/mol. The molecule has 0 bridgehead atoms. The van der Waals surface area contributed by atoms with Crippen molar-refractivity contribution in [3.8, 4) is 5.75 Å². The highest BCUT2D eigenvalue weighted by atomic mass is 32.2. The molecule has 3 nitrogen and oxygen atoms in total. The molecular formula is C13H15NO2S. The number of thioether (sulfide) groups is 1. The van der Waals surface area contributed by atoms with Crippen LogP contribution in [0.15, 0.2) is 23.2 Å². The molecule has 0 amide bonds. The van der Waals surface area contributed by atoms with Crippen LogP contribution in [0.3, 0.4) is 0 Å².